The molecule has 0 saturated carbocycles. The van der Waals surface area contributed by atoms with Crippen LogP contribution in [0.1, 0.15) is 0 Å². The molecule has 0 atom stereocenters. The third-order valence-electron chi connectivity index (χ3n) is 3.32. The lowest BCUT2D eigenvalue weighted by atomic mass is 10.3. The second-order valence-corrected chi connectivity index (χ2v) is 5.17. The standard InChI is InChI=1S/C12H16N6S/c13-10(19)9-16-5-7-17(8-6-16)11-2-4-18-12(15-11)1-3-14-18/h1-4H,5-9H2,(H2,13,19). The van der Waals surface area contributed by atoms with Crippen LogP contribution in [0.4, 0.5) is 5.82 Å². The zero-order valence-corrected chi connectivity index (χ0v) is 11.4. The number of hydrogen-bond donors (Lipinski definition) is 1. The molecule has 2 aromatic heterocycles. The molecule has 1 aliphatic heterocycles. The first kappa shape index (κ1) is 12.3. The van der Waals surface area contributed by atoms with Crippen LogP contribution < -0.4 is 10.6 Å². The molecule has 2 N–H and O–H groups in total. The topological polar surface area (TPSA) is 62.7 Å². The molecule has 0 unspecified atom stereocenters. The van der Waals surface area contributed by atoms with Crippen LogP contribution >= 0.6 is 12.2 Å². The van der Waals surface area contributed by atoms with Crippen molar-refractivity contribution in [3.63, 3.8) is 0 Å². The summed E-state index contributed by atoms with van der Waals surface area (Å²) in [6.45, 7) is 4.52. The van der Waals surface area contributed by atoms with Crippen LogP contribution in [0, 0.1) is 0 Å². The summed E-state index contributed by atoms with van der Waals surface area (Å²) < 4.78 is 1.77. The smallest absolute Gasteiger partial charge is 0.157 e. The maximum atomic E-state index is 5.57. The molecule has 100 valence electrons. The molecule has 0 aromatic carbocycles. The molecule has 0 aliphatic carbocycles. The van der Waals surface area contributed by atoms with E-state index in [4.69, 9.17) is 18.0 Å². The number of thiocarbonyl (C=S) groups is 1. The van der Waals surface area contributed by atoms with Crippen LogP contribution in [0.2, 0.25) is 0 Å². The van der Waals surface area contributed by atoms with Gasteiger partial charge in [-0.1, -0.05) is 12.2 Å². The normalized spacial score (nSPS) is 16.9. The van der Waals surface area contributed by atoms with E-state index in [0.717, 1.165) is 37.6 Å². The van der Waals surface area contributed by atoms with Gasteiger partial charge in [0, 0.05) is 45.0 Å². The molecule has 1 aliphatic rings. The maximum Gasteiger partial charge on any atom is 0.157 e. The zero-order valence-electron chi connectivity index (χ0n) is 10.6. The fourth-order valence-electron chi connectivity index (χ4n) is 2.33. The van der Waals surface area contributed by atoms with Gasteiger partial charge in [0.15, 0.2) is 5.65 Å². The van der Waals surface area contributed by atoms with E-state index in [1.807, 2.05) is 18.3 Å². The molecule has 2 aromatic rings. The lowest BCUT2D eigenvalue weighted by Crippen LogP contribution is -2.48. The van der Waals surface area contributed by atoms with Gasteiger partial charge in [-0.05, 0) is 6.07 Å². The van der Waals surface area contributed by atoms with Gasteiger partial charge in [0.25, 0.3) is 0 Å². The van der Waals surface area contributed by atoms with Crippen molar-refractivity contribution >= 4 is 28.7 Å². The number of anilines is 1. The Labute approximate surface area is 116 Å². The number of fused-ring (bicyclic) bond motifs is 1. The summed E-state index contributed by atoms with van der Waals surface area (Å²) in [5.41, 5.74) is 6.45. The highest BCUT2D eigenvalue weighted by Gasteiger charge is 2.18. The van der Waals surface area contributed by atoms with E-state index < -0.39 is 0 Å². The summed E-state index contributed by atoms with van der Waals surface area (Å²) in [4.78, 5) is 9.72. The van der Waals surface area contributed by atoms with Gasteiger partial charge in [0.2, 0.25) is 0 Å². The Morgan fingerprint density at radius 2 is 2.05 bits per heavy atom. The molecule has 0 radical (unpaired) electrons. The molecule has 3 rings (SSSR count). The number of hydrogen-bond acceptors (Lipinski definition) is 5. The molecule has 6 nitrogen and oxygen atoms in total. The highest BCUT2D eigenvalue weighted by Crippen LogP contribution is 2.14. The molecular weight excluding hydrogens is 260 g/mol. The number of nitrogens with zero attached hydrogens (tertiary/aromatic N) is 5. The van der Waals surface area contributed by atoms with Crippen LogP contribution in [-0.4, -0.2) is 57.2 Å². The summed E-state index contributed by atoms with van der Waals surface area (Å²) in [7, 11) is 0. The Bertz CT molecular complexity index is 587. The van der Waals surface area contributed by atoms with E-state index >= 15 is 0 Å². The van der Waals surface area contributed by atoms with E-state index in [1.54, 1.807) is 10.7 Å². The first-order valence-electron chi connectivity index (χ1n) is 6.28. The average molecular weight is 276 g/mol. The lowest BCUT2D eigenvalue weighted by molar-refractivity contribution is 0.291. The van der Waals surface area contributed by atoms with Gasteiger partial charge < -0.3 is 10.6 Å². The minimum absolute atomic E-state index is 0.562. The van der Waals surface area contributed by atoms with Gasteiger partial charge >= 0.3 is 0 Å². The summed E-state index contributed by atoms with van der Waals surface area (Å²) >= 11 is 4.94. The Hall–Kier alpha value is -1.73. The summed E-state index contributed by atoms with van der Waals surface area (Å²) in [5, 5.41) is 4.15. The summed E-state index contributed by atoms with van der Waals surface area (Å²) in [5.74, 6) is 1.00. The summed E-state index contributed by atoms with van der Waals surface area (Å²) in [6, 6.07) is 3.91. The summed E-state index contributed by atoms with van der Waals surface area (Å²) in [6.07, 6.45) is 3.70. The number of nitrogens with two attached hydrogens (primary N) is 1. The molecule has 0 bridgehead atoms. The molecule has 1 fully saturated rings. The van der Waals surface area contributed by atoms with Gasteiger partial charge in [-0.15, -0.1) is 0 Å². The van der Waals surface area contributed by atoms with Gasteiger partial charge in [0.1, 0.15) is 5.82 Å². The Balaban J connectivity index is 1.69. The predicted octanol–water partition coefficient (Wildman–Crippen LogP) is 0.137. The Kier molecular flexibility index (Phi) is 3.31. The first-order chi connectivity index (χ1) is 9.22. The third kappa shape index (κ3) is 2.66. The minimum Gasteiger partial charge on any atom is -0.392 e. The van der Waals surface area contributed by atoms with E-state index in [2.05, 4.69) is 19.9 Å². The van der Waals surface area contributed by atoms with Crippen molar-refractivity contribution in [1.29, 1.82) is 0 Å². The molecule has 7 heteroatoms. The SMILES string of the molecule is NC(=S)CN1CCN(c2ccn3nccc3n2)CC1. The van der Waals surface area contributed by atoms with E-state index in [-0.39, 0.29) is 0 Å². The minimum atomic E-state index is 0.562. The van der Waals surface area contributed by atoms with Crippen molar-refractivity contribution in [2.75, 3.05) is 37.6 Å². The fourth-order valence-corrected chi connectivity index (χ4v) is 2.52. The van der Waals surface area contributed by atoms with Gasteiger partial charge in [-0.2, -0.15) is 5.10 Å². The van der Waals surface area contributed by atoms with Gasteiger partial charge in [0.05, 0.1) is 11.2 Å². The molecule has 0 amide bonds. The highest BCUT2D eigenvalue weighted by molar-refractivity contribution is 7.80. The van der Waals surface area contributed by atoms with Crippen LogP contribution in [0.15, 0.2) is 24.5 Å². The largest absolute Gasteiger partial charge is 0.392 e. The first-order valence-corrected chi connectivity index (χ1v) is 6.69. The van der Waals surface area contributed by atoms with Crippen LogP contribution in [0.25, 0.3) is 5.65 Å². The van der Waals surface area contributed by atoms with Crippen LogP contribution in [-0.2, 0) is 0 Å². The Morgan fingerprint density at radius 1 is 1.26 bits per heavy atom. The fraction of sp³-hybridized carbons (Fsp3) is 0.417. The van der Waals surface area contributed by atoms with Crippen molar-refractivity contribution in [1.82, 2.24) is 19.5 Å². The lowest BCUT2D eigenvalue weighted by Gasteiger charge is -2.35. The van der Waals surface area contributed by atoms with Crippen molar-refractivity contribution in [3.8, 4) is 0 Å². The van der Waals surface area contributed by atoms with Crippen molar-refractivity contribution in [2.24, 2.45) is 5.73 Å². The molecule has 3 heterocycles. The number of rotatable bonds is 3. The quantitative estimate of drug-likeness (QED) is 0.805. The van der Waals surface area contributed by atoms with E-state index in [1.165, 1.54) is 0 Å². The van der Waals surface area contributed by atoms with Crippen molar-refractivity contribution in [2.45, 2.75) is 0 Å². The Morgan fingerprint density at radius 3 is 2.79 bits per heavy atom. The third-order valence-corrected chi connectivity index (χ3v) is 3.45. The van der Waals surface area contributed by atoms with Gasteiger partial charge in [-0.25, -0.2) is 9.50 Å². The van der Waals surface area contributed by atoms with Crippen molar-refractivity contribution < 1.29 is 0 Å². The molecule has 1 saturated heterocycles. The number of aromatic nitrogens is 3. The second-order valence-electron chi connectivity index (χ2n) is 4.65. The van der Waals surface area contributed by atoms with E-state index in [0.29, 0.717) is 11.5 Å². The highest BCUT2D eigenvalue weighted by atomic mass is 32.1. The zero-order chi connectivity index (χ0) is 13.2. The van der Waals surface area contributed by atoms with Crippen LogP contribution in [0.5, 0.6) is 0 Å². The van der Waals surface area contributed by atoms with Crippen molar-refractivity contribution in [3.05, 3.63) is 24.5 Å². The maximum absolute atomic E-state index is 5.57. The second kappa shape index (κ2) is 5.10. The molecule has 19 heavy (non-hydrogen) atoms. The van der Waals surface area contributed by atoms with Crippen LogP contribution in [0.3, 0.4) is 0 Å². The monoisotopic (exact) mass is 276 g/mol. The average Bonchev–Trinajstić information content (AvgIpc) is 2.86. The van der Waals surface area contributed by atoms with Gasteiger partial charge in [-0.3, -0.25) is 4.90 Å². The molecular formula is C12H16N6S. The molecule has 0 spiro atoms. The van der Waals surface area contributed by atoms with E-state index in [9.17, 15) is 0 Å². The number of piperazine rings is 1. The predicted molar refractivity (Wildman–Crippen MR) is 78.4 cm³/mol.